The van der Waals surface area contributed by atoms with E-state index in [1.165, 1.54) is 4.88 Å². The normalized spacial score (nSPS) is 10.9. The predicted molar refractivity (Wildman–Crippen MR) is 88.0 cm³/mol. The van der Waals surface area contributed by atoms with Gasteiger partial charge in [0.05, 0.1) is 40.8 Å². The quantitative estimate of drug-likeness (QED) is 0.751. The summed E-state index contributed by atoms with van der Waals surface area (Å²) in [5.41, 5.74) is 11.5. The highest BCUT2D eigenvalue weighted by Crippen LogP contribution is 2.30. The minimum atomic E-state index is 0.651. The second-order valence-electron chi connectivity index (χ2n) is 4.46. The van der Waals surface area contributed by atoms with Crippen LogP contribution < -0.4 is 11.1 Å². The second-order valence-corrected chi connectivity index (χ2v) is 6.32. The van der Waals surface area contributed by atoms with Crippen LogP contribution in [-0.4, -0.2) is 9.97 Å². The molecule has 20 heavy (non-hydrogen) atoms. The van der Waals surface area contributed by atoms with Gasteiger partial charge in [0.25, 0.3) is 0 Å². The first kappa shape index (κ1) is 13.3. The largest absolute Gasteiger partial charge is 0.396 e. The van der Waals surface area contributed by atoms with Crippen LogP contribution in [-0.2, 0) is 6.54 Å². The Bertz CT molecular complexity index is 764. The molecule has 3 rings (SSSR count). The van der Waals surface area contributed by atoms with E-state index in [-0.39, 0.29) is 0 Å². The molecule has 2 aromatic heterocycles. The number of nitrogens with two attached hydrogens (primary N) is 1. The van der Waals surface area contributed by atoms with Crippen molar-refractivity contribution in [3.05, 3.63) is 45.0 Å². The third kappa shape index (κ3) is 2.48. The number of pyridine rings is 1. The number of aromatic nitrogens is 2. The zero-order chi connectivity index (χ0) is 14.1. The molecule has 2 heterocycles. The van der Waals surface area contributed by atoms with E-state index in [0.29, 0.717) is 12.2 Å². The van der Waals surface area contributed by atoms with E-state index in [1.54, 1.807) is 17.5 Å². The SMILES string of the molecule is Cc1ncsc1CNc1c(N)cnc2ccc(Br)cc12. The van der Waals surface area contributed by atoms with Crippen molar-refractivity contribution < 1.29 is 0 Å². The minimum absolute atomic E-state index is 0.651. The molecule has 0 saturated carbocycles. The molecule has 0 bridgehead atoms. The van der Waals surface area contributed by atoms with Crippen molar-refractivity contribution in [1.82, 2.24) is 9.97 Å². The van der Waals surface area contributed by atoms with Gasteiger partial charge in [-0.1, -0.05) is 15.9 Å². The summed E-state index contributed by atoms with van der Waals surface area (Å²) in [6.07, 6.45) is 1.69. The Balaban J connectivity index is 1.99. The Morgan fingerprint density at radius 3 is 2.95 bits per heavy atom. The van der Waals surface area contributed by atoms with Gasteiger partial charge in [-0.2, -0.15) is 0 Å². The summed E-state index contributed by atoms with van der Waals surface area (Å²) >= 11 is 5.13. The predicted octanol–water partition coefficient (Wildman–Crippen LogP) is 3.96. The number of halogens is 1. The first-order valence-electron chi connectivity index (χ1n) is 6.11. The summed E-state index contributed by atoms with van der Waals surface area (Å²) in [6, 6.07) is 5.98. The van der Waals surface area contributed by atoms with E-state index in [2.05, 4.69) is 31.2 Å². The Kier molecular flexibility index (Phi) is 3.58. The van der Waals surface area contributed by atoms with Crippen LogP contribution in [0, 0.1) is 6.92 Å². The lowest BCUT2D eigenvalue weighted by Gasteiger charge is -2.12. The maximum Gasteiger partial charge on any atom is 0.0798 e. The number of nitrogen functional groups attached to an aromatic ring is 1. The zero-order valence-electron chi connectivity index (χ0n) is 10.9. The molecule has 0 unspecified atom stereocenters. The van der Waals surface area contributed by atoms with Gasteiger partial charge in [-0.05, 0) is 25.1 Å². The van der Waals surface area contributed by atoms with E-state index < -0.39 is 0 Å². The van der Waals surface area contributed by atoms with Crippen molar-refractivity contribution in [3.8, 4) is 0 Å². The van der Waals surface area contributed by atoms with Crippen molar-refractivity contribution in [1.29, 1.82) is 0 Å². The van der Waals surface area contributed by atoms with Crippen LogP contribution in [0.4, 0.5) is 11.4 Å². The van der Waals surface area contributed by atoms with Gasteiger partial charge in [0.15, 0.2) is 0 Å². The highest BCUT2D eigenvalue weighted by molar-refractivity contribution is 9.10. The van der Waals surface area contributed by atoms with E-state index in [0.717, 1.165) is 26.8 Å². The number of nitrogens with zero attached hydrogens (tertiary/aromatic N) is 2. The van der Waals surface area contributed by atoms with Gasteiger partial charge < -0.3 is 11.1 Å². The summed E-state index contributed by atoms with van der Waals surface area (Å²) < 4.78 is 1.01. The van der Waals surface area contributed by atoms with Crippen LogP contribution in [0.3, 0.4) is 0 Å². The fourth-order valence-corrected chi connectivity index (χ4v) is 3.12. The first-order chi connectivity index (χ1) is 9.65. The third-order valence-electron chi connectivity index (χ3n) is 3.13. The van der Waals surface area contributed by atoms with Crippen molar-refractivity contribution in [3.63, 3.8) is 0 Å². The summed E-state index contributed by atoms with van der Waals surface area (Å²) in [4.78, 5) is 9.82. The van der Waals surface area contributed by atoms with E-state index >= 15 is 0 Å². The summed E-state index contributed by atoms with van der Waals surface area (Å²) in [6.45, 7) is 2.73. The molecule has 0 spiro atoms. The number of anilines is 2. The van der Waals surface area contributed by atoms with Gasteiger partial charge in [-0.15, -0.1) is 11.3 Å². The lowest BCUT2D eigenvalue weighted by atomic mass is 10.1. The van der Waals surface area contributed by atoms with Gasteiger partial charge in [0, 0.05) is 14.7 Å². The third-order valence-corrected chi connectivity index (χ3v) is 4.56. The smallest absolute Gasteiger partial charge is 0.0798 e. The molecule has 0 aliphatic heterocycles. The number of rotatable bonds is 3. The molecule has 1 aromatic carbocycles. The van der Waals surface area contributed by atoms with Gasteiger partial charge in [0.1, 0.15) is 0 Å². The number of fused-ring (bicyclic) bond motifs is 1. The molecule has 6 heteroatoms. The topological polar surface area (TPSA) is 63.8 Å². The molecule has 0 aliphatic carbocycles. The fraction of sp³-hybridized carbons (Fsp3) is 0.143. The highest BCUT2D eigenvalue weighted by atomic mass is 79.9. The molecule has 0 aliphatic rings. The lowest BCUT2D eigenvalue weighted by Crippen LogP contribution is -2.04. The van der Waals surface area contributed by atoms with E-state index in [4.69, 9.17) is 5.73 Å². The average molecular weight is 349 g/mol. The Morgan fingerprint density at radius 1 is 1.35 bits per heavy atom. The minimum Gasteiger partial charge on any atom is -0.396 e. The van der Waals surface area contributed by atoms with E-state index in [1.807, 2.05) is 30.6 Å². The van der Waals surface area contributed by atoms with Crippen molar-refractivity contribution in [2.45, 2.75) is 13.5 Å². The summed E-state index contributed by atoms with van der Waals surface area (Å²) in [5.74, 6) is 0. The summed E-state index contributed by atoms with van der Waals surface area (Å²) in [7, 11) is 0. The van der Waals surface area contributed by atoms with Crippen LogP contribution in [0.25, 0.3) is 10.9 Å². The molecule has 3 N–H and O–H groups in total. The standard InChI is InChI=1S/C14H13BrN4S/c1-8-13(20-7-19-8)6-18-14-10-4-9(15)2-3-12(10)17-5-11(14)16/h2-5,7H,6,16H2,1H3,(H,17,18). The molecule has 0 saturated heterocycles. The Morgan fingerprint density at radius 2 is 2.20 bits per heavy atom. The molecule has 102 valence electrons. The van der Waals surface area contributed by atoms with Crippen LogP contribution in [0.1, 0.15) is 10.6 Å². The second kappa shape index (κ2) is 5.38. The van der Waals surface area contributed by atoms with Crippen LogP contribution in [0.15, 0.2) is 34.4 Å². The Labute approximate surface area is 129 Å². The van der Waals surface area contributed by atoms with Gasteiger partial charge in [0.2, 0.25) is 0 Å². The maximum atomic E-state index is 6.06. The average Bonchev–Trinajstić information content (AvgIpc) is 2.83. The molecule has 0 fully saturated rings. The number of thiazole rings is 1. The van der Waals surface area contributed by atoms with Crippen LogP contribution in [0.2, 0.25) is 0 Å². The molecule has 0 amide bonds. The summed E-state index contributed by atoms with van der Waals surface area (Å²) in [5, 5.41) is 4.43. The molecule has 0 radical (unpaired) electrons. The number of aryl methyl sites for hydroxylation is 1. The van der Waals surface area contributed by atoms with Gasteiger partial charge in [-0.3, -0.25) is 4.98 Å². The molecular weight excluding hydrogens is 336 g/mol. The monoisotopic (exact) mass is 348 g/mol. The maximum absolute atomic E-state index is 6.06. The van der Waals surface area contributed by atoms with Gasteiger partial charge >= 0.3 is 0 Å². The number of nitrogens with one attached hydrogen (secondary N) is 1. The van der Waals surface area contributed by atoms with Gasteiger partial charge in [-0.25, -0.2) is 4.98 Å². The first-order valence-corrected chi connectivity index (χ1v) is 7.79. The zero-order valence-corrected chi connectivity index (χ0v) is 13.3. The molecule has 4 nitrogen and oxygen atoms in total. The molecule has 3 aromatic rings. The highest BCUT2D eigenvalue weighted by Gasteiger charge is 2.08. The Hall–Kier alpha value is -1.66. The van der Waals surface area contributed by atoms with Crippen LogP contribution >= 0.6 is 27.3 Å². The van der Waals surface area contributed by atoms with Crippen molar-refractivity contribution >= 4 is 49.5 Å². The van der Waals surface area contributed by atoms with Crippen LogP contribution in [0.5, 0.6) is 0 Å². The fourth-order valence-electron chi connectivity index (χ4n) is 2.04. The molecular formula is C14H13BrN4S. The molecule has 0 atom stereocenters. The number of benzene rings is 1. The lowest BCUT2D eigenvalue weighted by molar-refractivity contribution is 1.12. The van der Waals surface area contributed by atoms with E-state index in [9.17, 15) is 0 Å². The van der Waals surface area contributed by atoms with Crippen molar-refractivity contribution in [2.75, 3.05) is 11.1 Å². The van der Waals surface area contributed by atoms with Crippen molar-refractivity contribution in [2.24, 2.45) is 0 Å². The number of hydrogen-bond acceptors (Lipinski definition) is 5. The number of hydrogen-bond donors (Lipinski definition) is 2.